The third-order valence-corrected chi connectivity index (χ3v) is 3.22. The summed E-state index contributed by atoms with van der Waals surface area (Å²) >= 11 is 0. The van der Waals surface area contributed by atoms with E-state index in [4.69, 9.17) is 0 Å². The van der Waals surface area contributed by atoms with E-state index in [1.807, 2.05) is 37.3 Å². The normalized spacial score (nSPS) is 10.4. The van der Waals surface area contributed by atoms with Crippen molar-refractivity contribution in [2.24, 2.45) is 0 Å². The lowest BCUT2D eigenvalue weighted by Gasteiger charge is -2.11. The largest absolute Gasteiger partial charge is 0.508 e. The summed E-state index contributed by atoms with van der Waals surface area (Å²) < 4.78 is 0. The van der Waals surface area contributed by atoms with Crippen LogP contribution in [0.25, 0.3) is 10.9 Å². The maximum Gasteiger partial charge on any atom is 0.323 e. The topological polar surface area (TPSA) is 74.2 Å². The average Bonchev–Trinajstić information content (AvgIpc) is 2.49. The number of carbonyl (C=O) groups excluding carboxylic acids is 1. The number of carbonyl (C=O) groups is 1. The lowest BCUT2D eigenvalue weighted by Crippen LogP contribution is -2.19. The molecule has 0 saturated carbocycles. The standard InChI is InChI=1S/C17H15N3O2/c1-11-10-16(14-4-2-3-5-15(14)18-11)20-17(22)19-12-6-8-13(21)9-7-12/h2-10,21H,1H3,(H2,18,19,20,22). The van der Waals surface area contributed by atoms with Gasteiger partial charge in [0, 0.05) is 16.8 Å². The number of amides is 2. The number of phenolic OH excluding ortho intramolecular Hbond substituents is 1. The molecule has 3 rings (SSSR count). The Morgan fingerprint density at radius 3 is 2.55 bits per heavy atom. The molecule has 2 aromatic carbocycles. The van der Waals surface area contributed by atoms with E-state index in [0.717, 1.165) is 16.6 Å². The Balaban J connectivity index is 1.83. The number of aromatic nitrogens is 1. The second kappa shape index (κ2) is 5.73. The average molecular weight is 293 g/mol. The highest BCUT2D eigenvalue weighted by molar-refractivity contribution is 6.05. The van der Waals surface area contributed by atoms with Crippen LogP contribution in [0.3, 0.4) is 0 Å². The van der Waals surface area contributed by atoms with Gasteiger partial charge in [-0.25, -0.2) is 4.79 Å². The maximum absolute atomic E-state index is 12.1. The summed E-state index contributed by atoms with van der Waals surface area (Å²) in [6.45, 7) is 1.88. The molecule has 0 aliphatic carbocycles. The van der Waals surface area contributed by atoms with E-state index in [1.54, 1.807) is 12.1 Å². The van der Waals surface area contributed by atoms with Gasteiger partial charge in [-0.1, -0.05) is 18.2 Å². The Bertz CT molecular complexity index is 829. The summed E-state index contributed by atoms with van der Waals surface area (Å²) in [5.41, 5.74) is 2.98. The molecule has 3 aromatic rings. The zero-order valence-electron chi connectivity index (χ0n) is 12.0. The number of rotatable bonds is 2. The molecule has 5 heteroatoms. The molecule has 0 saturated heterocycles. The molecule has 0 atom stereocenters. The molecule has 0 radical (unpaired) electrons. The predicted molar refractivity (Wildman–Crippen MR) is 87.2 cm³/mol. The summed E-state index contributed by atoms with van der Waals surface area (Å²) in [5, 5.41) is 15.7. The maximum atomic E-state index is 12.1. The molecule has 0 spiro atoms. The second-order valence-electron chi connectivity index (χ2n) is 4.95. The van der Waals surface area contributed by atoms with Crippen LogP contribution in [0.1, 0.15) is 5.69 Å². The quantitative estimate of drug-likeness (QED) is 0.627. The van der Waals surface area contributed by atoms with E-state index < -0.39 is 0 Å². The number of hydrogen-bond acceptors (Lipinski definition) is 3. The molecule has 0 aliphatic heterocycles. The van der Waals surface area contributed by atoms with Crippen molar-refractivity contribution in [3.63, 3.8) is 0 Å². The van der Waals surface area contributed by atoms with E-state index in [0.29, 0.717) is 11.4 Å². The Labute approximate surface area is 127 Å². The van der Waals surface area contributed by atoms with Gasteiger partial charge in [-0.15, -0.1) is 0 Å². The highest BCUT2D eigenvalue weighted by atomic mass is 16.3. The fourth-order valence-corrected chi connectivity index (χ4v) is 2.24. The Hall–Kier alpha value is -3.08. The van der Waals surface area contributed by atoms with E-state index in [-0.39, 0.29) is 11.8 Å². The van der Waals surface area contributed by atoms with Gasteiger partial charge in [0.1, 0.15) is 5.75 Å². The number of nitrogens with one attached hydrogen (secondary N) is 2. The summed E-state index contributed by atoms with van der Waals surface area (Å²) in [6.07, 6.45) is 0. The van der Waals surface area contributed by atoms with Gasteiger partial charge < -0.3 is 15.7 Å². The highest BCUT2D eigenvalue weighted by Crippen LogP contribution is 2.23. The minimum Gasteiger partial charge on any atom is -0.508 e. The highest BCUT2D eigenvalue weighted by Gasteiger charge is 2.07. The molecule has 3 N–H and O–H groups in total. The fourth-order valence-electron chi connectivity index (χ4n) is 2.24. The first-order valence-corrected chi connectivity index (χ1v) is 6.85. The van der Waals surface area contributed by atoms with Gasteiger partial charge in [-0.3, -0.25) is 4.98 Å². The number of nitrogens with zero attached hydrogens (tertiary/aromatic N) is 1. The summed E-state index contributed by atoms with van der Waals surface area (Å²) in [5.74, 6) is 0.154. The number of phenols is 1. The number of para-hydroxylation sites is 1. The molecule has 0 fully saturated rings. The van der Waals surface area contributed by atoms with Crippen molar-refractivity contribution >= 4 is 28.3 Å². The molecule has 1 heterocycles. The van der Waals surface area contributed by atoms with Crippen molar-refractivity contribution in [1.29, 1.82) is 0 Å². The van der Waals surface area contributed by atoms with Crippen LogP contribution in [0.15, 0.2) is 54.6 Å². The number of fused-ring (bicyclic) bond motifs is 1. The monoisotopic (exact) mass is 293 g/mol. The van der Waals surface area contributed by atoms with Gasteiger partial charge in [0.15, 0.2) is 0 Å². The van der Waals surface area contributed by atoms with Gasteiger partial charge >= 0.3 is 6.03 Å². The van der Waals surface area contributed by atoms with E-state index in [1.165, 1.54) is 12.1 Å². The predicted octanol–water partition coefficient (Wildman–Crippen LogP) is 3.89. The first-order chi connectivity index (χ1) is 10.6. The SMILES string of the molecule is Cc1cc(NC(=O)Nc2ccc(O)cc2)c2ccccc2n1. The molecule has 0 unspecified atom stereocenters. The van der Waals surface area contributed by atoms with Crippen molar-refractivity contribution in [3.8, 4) is 5.75 Å². The number of pyridine rings is 1. The molecule has 110 valence electrons. The number of benzene rings is 2. The first-order valence-electron chi connectivity index (χ1n) is 6.85. The van der Waals surface area contributed by atoms with Crippen LogP contribution in [-0.4, -0.2) is 16.1 Å². The summed E-state index contributed by atoms with van der Waals surface area (Å²) in [4.78, 5) is 16.6. The summed E-state index contributed by atoms with van der Waals surface area (Å²) in [6, 6.07) is 15.4. The van der Waals surface area contributed by atoms with Gasteiger partial charge in [0.05, 0.1) is 11.2 Å². The van der Waals surface area contributed by atoms with Gasteiger partial charge in [0.25, 0.3) is 0 Å². The number of aromatic hydroxyl groups is 1. The smallest absolute Gasteiger partial charge is 0.323 e. The van der Waals surface area contributed by atoms with Crippen LogP contribution < -0.4 is 10.6 Å². The van der Waals surface area contributed by atoms with Gasteiger partial charge in [0.2, 0.25) is 0 Å². The molecular weight excluding hydrogens is 278 g/mol. The van der Waals surface area contributed by atoms with Crippen LogP contribution in [0.2, 0.25) is 0 Å². The van der Waals surface area contributed by atoms with Gasteiger partial charge in [-0.2, -0.15) is 0 Å². The zero-order valence-corrected chi connectivity index (χ0v) is 12.0. The lowest BCUT2D eigenvalue weighted by molar-refractivity contribution is 0.262. The Kier molecular flexibility index (Phi) is 3.62. The van der Waals surface area contributed by atoms with Crippen molar-refractivity contribution < 1.29 is 9.90 Å². The van der Waals surface area contributed by atoms with Crippen molar-refractivity contribution in [3.05, 3.63) is 60.3 Å². The number of urea groups is 1. The number of anilines is 2. The van der Waals surface area contributed by atoms with E-state index in [9.17, 15) is 9.90 Å². The summed E-state index contributed by atoms with van der Waals surface area (Å²) in [7, 11) is 0. The third kappa shape index (κ3) is 2.98. The van der Waals surface area contributed by atoms with Gasteiger partial charge in [-0.05, 0) is 43.3 Å². The number of aryl methyl sites for hydroxylation is 1. The lowest BCUT2D eigenvalue weighted by atomic mass is 10.1. The molecule has 22 heavy (non-hydrogen) atoms. The van der Waals surface area contributed by atoms with E-state index in [2.05, 4.69) is 15.6 Å². The van der Waals surface area contributed by atoms with Crippen LogP contribution in [0.5, 0.6) is 5.75 Å². The molecule has 5 nitrogen and oxygen atoms in total. The molecular formula is C17H15N3O2. The van der Waals surface area contributed by atoms with Crippen LogP contribution in [0, 0.1) is 6.92 Å². The Morgan fingerprint density at radius 2 is 1.77 bits per heavy atom. The first kappa shape index (κ1) is 13.9. The molecule has 0 aliphatic rings. The van der Waals surface area contributed by atoms with Crippen molar-refractivity contribution in [1.82, 2.24) is 4.98 Å². The van der Waals surface area contributed by atoms with Crippen LogP contribution in [0.4, 0.5) is 16.2 Å². The third-order valence-electron chi connectivity index (χ3n) is 3.22. The zero-order chi connectivity index (χ0) is 15.5. The van der Waals surface area contributed by atoms with Crippen LogP contribution >= 0.6 is 0 Å². The minimum absolute atomic E-state index is 0.154. The van der Waals surface area contributed by atoms with Crippen molar-refractivity contribution in [2.75, 3.05) is 10.6 Å². The minimum atomic E-state index is -0.346. The number of hydrogen-bond donors (Lipinski definition) is 3. The molecule has 1 aromatic heterocycles. The Morgan fingerprint density at radius 1 is 1.05 bits per heavy atom. The second-order valence-corrected chi connectivity index (χ2v) is 4.95. The fraction of sp³-hybridized carbons (Fsp3) is 0.0588. The molecule has 0 bridgehead atoms. The van der Waals surface area contributed by atoms with Crippen molar-refractivity contribution in [2.45, 2.75) is 6.92 Å². The van der Waals surface area contributed by atoms with Crippen LogP contribution in [-0.2, 0) is 0 Å². The van der Waals surface area contributed by atoms with E-state index >= 15 is 0 Å². The molecule has 2 amide bonds.